The molecule has 0 radical (unpaired) electrons. The average Bonchev–Trinajstić information content (AvgIpc) is 3.41. The molecule has 0 saturated carbocycles. The number of thioether (sulfide) groups is 1. The van der Waals surface area contributed by atoms with Crippen LogP contribution in [-0.4, -0.2) is 157 Å². The number of aromatic amines is 1. The van der Waals surface area contributed by atoms with Gasteiger partial charge in [-0.2, -0.15) is 0 Å². The quantitative estimate of drug-likeness (QED) is 0.0781. The number of carbonyl (C=O) groups excluding carboxylic acids is 3. The minimum absolute atomic E-state index is 0.382. The number of aromatic nitrogens is 2. The van der Waals surface area contributed by atoms with E-state index in [4.69, 9.17) is 23.7 Å². The van der Waals surface area contributed by atoms with E-state index >= 15 is 0 Å². The molecule has 0 aliphatic carbocycles. The maximum absolute atomic E-state index is 12.7. The number of nitrogens with one attached hydrogen (secondary N) is 1. The Morgan fingerprint density at radius 2 is 1.34 bits per heavy atom. The number of aliphatic hydroxyl groups excluding tert-OH is 2. The predicted octanol–water partition coefficient (Wildman–Crippen LogP) is 1.01. The van der Waals surface area contributed by atoms with Crippen LogP contribution < -0.4 is 11.2 Å². The second-order valence-electron chi connectivity index (χ2n) is 12.6. The Kier molecular flexibility index (Phi) is 24.0. The van der Waals surface area contributed by atoms with E-state index in [-0.39, 0.29) is 6.61 Å². The molecule has 2 aliphatic heterocycles. The van der Waals surface area contributed by atoms with Crippen LogP contribution in [0.5, 0.6) is 0 Å². The zero-order valence-corrected chi connectivity index (χ0v) is 36.9. The number of phosphoric acid groups is 1. The van der Waals surface area contributed by atoms with Crippen molar-refractivity contribution in [2.75, 3.05) is 58.0 Å². The number of hydrogen-bond donors (Lipinski definition) is 5. The largest absolute Gasteiger partial charge is 0.479 e. The molecule has 3 heterocycles. The molecule has 2 unspecified atom stereocenters. The zero-order valence-electron chi connectivity index (χ0n) is 34.3. The third-order valence-electron chi connectivity index (χ3n) is 8.49. The number of phosphoric ester groups is 1. The lowest BCUT2D eigenvalue weighted by Crippen LogP contribution is -2.56. The zero-order chi connectivity index (χ0) is 44.4. The van der Waals surface area contributed by atoms with E-state index < -0.39 is 105 Å². The molecule has 0 amide bonds. The van der Waals surface area contributed by atoms with Crippen molar-refractivity contribution in [3.05, 3.63) is 33.1 Å². The topological polar surface area (TPSA) is 292 Å². The summed E-state index contributed by atoms with van der Waals surface area (Å²) in [6.07, 6.45) is -9.62. The second-order valence-corrected chi connectivity index (χ2v) is 17.5. The standard InChI is InChI=1S/C21H30N2O18P2S.2C6H15N/c1-9(24)37-13-6-35-20(18(39-11(3)26)17(13)38-10(2)25)44-8-42(31,32)41-43(33,34)36-7-12-15(28)16(29)19(40-12)23-5-4-14(27)22-21(23)30;2*1-4-7(5-2)6-3/h4-5,12-13,15-20,28-29H,6-8H2,1-3H3,(H,31,32)(H,33,34)(H,22,27,30);2*4-6H2,1-3H3/t12-,13+,15-,16-,17+,18-,19-,20+;;/m1../s1. The van der Waals surface area contributed by atoms with Gasteiger partial charge < -0.3 is 53.5 Å². The lowest BCUT2D eigenvalue weighted by Gasteiger charge is -2.40. The van der Waals surface area contributed by atoms with Crippen LogP contribution in [0.3, 0.4) is 0 Å². The molecular formula is C33H60N4O18P2S. The number of ether oxygens (including phenoxy) is 5. The fourth-order valence-corrected chi connectivity index (χ4v) is 9.80. The van der Waals surface area contributed by atoms with E-state index in [1.807, 2.05) is 4.98 Å². The first kappa shape index (κ1) is 53.5. The highest BCUT2D eigenvalue weighted by atomic mass is 32.2. The number of rotatable bonds is 18. The van der Waals surface area contributed by atoms with Crippen molar-refractivity contribution >= 4 is 45.1 Å². The molecular weight excluding hydrogens is 834 g/mol. The van der Waals surface area contributed by atoms with Crippen LogP contribution in [0.4, 0.5) is 0 Å². The van der Waals surface area contributed by atoms with Crippen molar-refractivity contribution in [3.8, 4) is 0 Å². The molecule has 3 rings (SSSR count). The van der Waals surface area contributed by atoms with E-state index in [0.29, 0.717) is 11.8 Å². The Morgan fingerprint density at radius 1 is 0.845 bits per heavy atom. The Labute approximate surface area is 341 Å². The molecule has 10 atom stereocenters. The van der Waals surface area contributed by atoms with Gasteiger partial charge in [-0.05, 0) is 39.3 Å². The van der Waals surface area contributed by atoms with Gasteiger partial charge in [0.15, 0.2) is 24.5 Å². The monoisotopic (exact) mass is 894 g/mol. The lowest BCUT2D eigenvalue weighted by molar-refractivity contribution is -0.213. The highest BCUT2D eigenvalue weighted by molar-refractivity contribution is 8.05. The number of carbonyl (C=O) groups is 3. The SMILES string of the molecule is CC(=O)O[C@@H]1[C@@H](OC(C)=O)[C@H](SCP(=O)(O)OP(=O)(O)OC[C@H]2O[C@@H](n3ccc(=O)[nH]c3=O)[C@H](O)[C@@H]2O)OC[C@@H]1OC(C)=O.CCN(CC)CC.CCN(CC)CC. The first-order valence-electron chi connectivity index (χ1n) is 18.6. The molecule has 58 heavy (non-hydrogen) atoms. The van der Waals surface area contributed by atoms with Crippen molar-refractivity contribution in [2.24, 2.45) is 0 Å². The maximum Gasteiger partial charge on any atom is 0.479 e. The first-order valence-corrected chi connectivity index (χ1v) is 22.9. The Morgan fingerprint density at radius 3 is 1.79 bits per heavy atom. The normalized spacial score (nSPS) is 26.3. The van der Waals surface area contributed by atoms with Crippen molar-refractivity contribution in [1.82, 2.24) is 19.4 Å². The van der Waals surface area contributed by atoms with Crippen LogP contribution in [0.15, 0.2) is 21.9 Å². The maximum atomic E-state index is 12.7. The molecule has 1 aromatic rings. The van der Waals surface area contributed by atoms with Gasteiger partial charge in [-0.3, -0.25) is 37.8 Å². The lowest BCUT2D eigenvalue weighted by atomic mass is 10.1. The molecule has 2 saturated heterocycles. The van der Waals surface area contributed by atoms with Crippen molar-refractivity contribution in [2.45, 2.75) is 111 Å². The molecule has 0 bridgehead atoms. The summed E-state index contributed by atoms with van der Waals surface area (Å²) in [5.41, 5.74) is -3.98. The minimum atomic E-state index is -5.35. The Balaban J connectivity index is 0.00000102. The van der Waals surface area contributed by atoms with E-state index in [9.17, 15) is 53.1 Å². The fourth-order valence-electron chi connectivity index (χ4n) is 5.46. The highest BCUT2D eigenvalue weighted by Crippen LogP contribution is 2.61. The first-order chi connectivity index (χ1) is 27.1. The van der Waals surface area contributed by atoms with Gasteiger partial charge in [0, 0.05) is 33.0 Å². The minimum Gasteiger partial charge on any atom is -0.456 e. The molecule has 0 spiro atoms. The number of hydrogen-bond acceptors (Lipinski definition) is 19. The van der Waals surface area contributed by atoms with Gasteiger partial charge in [0.05, 0.1) is 18.7 Å². The summed E-state index contributed by atoms with van der Waals surface area (Å²) in [7, 11) is -10.4. The Bertz CT molecular complexity index is 1620. The number of aliphatic hydroxyl groups is 2. The van der Waals surface area contributed by atoms with E-state index in [2.05, 4.69) is 60.2 Å². The highest BCUT2D eigenvalue weighted by Gasteiger charge is 2.49. The summed E-state index contributed by atoms with van der Waals surface area (Å²) in [6.45, 7) is 22.0. The molecule has 22 nitrogen and oxygen atoms in total. The van der Waals surface area contributed by atoms with Crippen LogP contribution in [0.2, 0.25) is 0 Å². The smallest absolute Gasteiger partial charge is 0.456 e. The van der Waals surface area contributed by atoms with Gasteiger partial charge in [-0.1, -0.05) is 41.5 Å². The van der Waals surface area contributed by atoms with Crippen LogP contribution in [0.25, 0.3) is 0 Å². The van der Waals surface area contributed by atoms with E-state index in [1.165, 1.54) is 39.3 Å². The molecule has 2 aliphatic rings. The molecule has 1 aromatic heterocycles. The summed E-state index contributed by atoms with van der Waals surface area (Å²) in [6, 6.07) is 0.946. The summed E-state index contributed by atoms with van der Waals surface area (Å²) in [4.78, 5) is 85.1. The molecule has 336 valence electrons. The van der Waals surface area contributed by atoms with Crippen molar-refractivity contribution in [3.63, 3.8) is 0 Å². The van der Waals surface area contributed by atoms with Gasteiger partial charge in [0.25, 0.3) is 5.56 Å². The van der Waals surface area contributed by atoms with Crippen LogP contribution in [-0.2, 0) is 56.0 Å². The summed E-state index contributed by atoms with van der Waals surface area (Å²) in [5, 5.41) is 20.5. The predicted molar refractivity (Wildman–Crippen MR) is 210 cm³/mol. The molecule has 0 aromatic carbocycles. The van der Waals surface area contributed by atoms with E-state index in [0.717, 1.165) is 37.6 Å². The number of nitrogens with zero attached hydrogens (tertiary/aromatic N) is 3. The Hall–Kier alpha value is -2.50. The number of esters is 3. The summed E-state index contributed by atoms with van der Waals surface area (Å²) >= 11 is 0.479. The van der Waals surface area contributed by atoms with Crippen LogP contribution >= 0.6 is 27.2 Å². The van der Waals surface area contributed by atoms with Crippen molar-refractivity contribution < 1.29 is 76.0 Å². The summed E-state index contributed by atoms with van der Waals surface area (Å²) in [5.74, 6) is -2.46. The van der Waals surface area contributed by atoms with Crippen LogP contribution in [0, 0.1) is 0 Å². The van der Waals surface area contributed by atoms with Gasteiger partial charge in [-0.15, -0.1) is 11.8 Å². The average molecular weight is 895 g/mol. The fraction of sp³-hybridized carbons (Fsp3) is 0.788. The van der Waals surface area contributed by atoms with Crippen molar-refractivity contribution in [1.29, 1.82) is 0 Å². The molecule has 2 fully saturated rings. The van der Waals surface area contributed by atoms with Gasteiger partial charge in [-0.25, -0.2) is 13.7 Å². The second kappa shape index (κ2) is 26.0. The van der Waals surface area contributed by atoms with E-state index in [1.54, 1.807) is 0 Å². The summed E-state index contributed by atoms with van der Waals surface area (Å²) < 4.78 is 61.2. The third kappa shape index (κ3) is 18.4. The van der Waals surface area contributed by atoms with Gasteiger partial charge in [0.2, 0.25) is 0 Å². The van der Waals surface area contributed by atoms with Gasteiger partial charge in [0.1, 0.15) is 23.7 Å². The van der Waals surface area contributed by atoms with Crippen LogP contribution in [0.1, 0.15) is 68.5 Å². The van der Waals surface area contributed by atoms with Gasteiger partial charge >= 0.3 is 39.0 Å². The third-order valence-corrected chi connectivity index (χ3v) is 13.4. The number of H-pyrrole nitrogens is 1. The molecule has 25 heteroatoms. The molecule has 5 N–H and O–H groups in total.